The fourth-order valence-electron chi connectivity index (χ4n) is 2.94. The smallest absolute Gasteiger partial charge is 0.0284 e. The van der Waals surface area contributed by atoms with E-state index in [2.05, 4.69) is 80.9 Å². The highest BCUT2D eigenvalue weighted by Gasteiger charge is 2.05. The Balaban J connectivity index is 1.98. The van der Waals surface area contributed by atoms with Crippen molar-refractivity contribution >= 4 is 0 Å². The van der Waals surface area contributed by atoms with Crippen LogP contribution in [0.5, 0.6) is 0 Å². The molecule has 0 heteroatoms. The van der Waals surface area contributed by atoms with Crippen LogP contribution >= 0.6 is 0 Å². The minimum absolute atomic E-state index is 0.946. The fraction of sp³-hybridized carbons (Fsp3) is 0.185. The zero-order valence-corrected chi connectivity index (χ0v) is 16.3. The second-order valence-corrected chi connectivity index (χ2v) is 6.61. The predicted molar refractivity (Wildman–Crippen MR) is 115 cm³/mol. The first-order valence-corrected chi connectivity index (χ1v) is 9.51. The Morgan fingerprint density at radius 2 is 1.07 bits per heavy atom. The van der Waals surface area contributed by atoms with Crippen molar-refractivity contribution in [2.75, 3.05) is 0 Å². The topological polar surface area (TPSA) is 0 Å². The summed E-state index contributed by atoms with van der Waals surface area (Å²) in [7, 11) is 0. The van der Waals surface area contributed by atoms with Crippen molar-refractivity contribution in [2.24, 2.45) is 0 Å². The maximum atomic E-state index is 3.38. The number of rotatable bonds is 2. The van der Waals surface area contributed by atoms with E-state index in [4.69, 9.17) is 0 Å². The van der Waals surface area contributed by atoms with Crippen LogP contribution in [0.1, 0.15) is 52.8 Å². The molecule has 0 aliphatic heterocycles. The molecule has 3 aromatic carbocycles. The van der Waals surface area contributed by atoms with Crippen molar-refractivity contribution in [3.8, 4) is 23.7 Å². The van der Waals surface area contributed by atoms with Crippen LogP contribution in [0.25, 0.3) is 0 Å². The molecule has 0 radical (unpaired) electrons. The molecule has 0 amide bonds. The standard InChI is InChI=1S/C27H24/c1-4-24-20-27(18-16-23-13-11-21(3)12-14-23)25(5-2)19-26(24)17-15-22-9-7-6-8-10-22/h6-14,19-20H,4-5H2,1-3H3. The maximum Gasteiger partial charge on any atom is 0.0284 e. The van der Waals surface area contributed by atoms with Gasteiger partial charge in [0.15, 0.2) is 0 Å². The van der Waals surface area contributed by atoms with Gasteiger partial charge < -0.3 is 0 Å². The first kappa shape index (κ1) is 18.6. The summed E-state index contributed by atoms with van der Waals surface area (Å²) in [6.07, 6.45) is 1.89. The molecule has 0 saturated carbocycles. The van der Waals surface area contributed by atoms with Crippen LogP contribution in [0.2, 0.25) is 0 Å². The lowest BCUT2D eigenvalue weighted by atomic mass is 9.95. The zero-order chi connectivity index (χ0) is 19.1. The molecule has 0 saturated heterocycles. The van der Waals surface area contributed by atoms with E-state index in [1.165, 1.54) is 16.7 Å². The fourth-order valence-corrected chi connectivity index (χ4v) is 2.94. The summed E-state index contributed by atoms with van der Waals surface area (Å²) in [5, 5.41) is 0. The molecule has 0 aliphatic rings. The highest BCUT2D eigenvalue weighted by Crippen LogP contribution is 2.18. The molecule has 0 aromatic heterocycles. The minimum atomic E-state index is 0.946. The molecular formula is C27H24. The normalized spacial score (nSPS) is 9.74. The zero-order valence-electron chi connectivity index (χ0n) is 16.3. The molecule has 0 fully saturated rings. The third-order valence-corrected chi connectivity index (χ3v) is 4.60. The monoisotopic (exact) mass is 348 g/mol. The molecule has 0 heterocycles. The van der Waals surface area contributed by atoms with E-state index < -0.39 is 0 Å². The van der Waals surface area contributed by atoms with Crippen LogP contribution in [-0.2, 0) is 12.8 Å². The largest absolute Gasteiger partial charge is 0.0622 e. The van der Waals surface area contributed by atoms with Crippen molar-refractivity contribution in [2.45, 2.75) is 33.6 Å². The lowest BCUT2D eigenvalue weighted by Gasteiger charge is -2.08. The predicted octanol–water partition coefficient (Wildman–Crippen LogP) is 5.92. The molecular weight excluding hydrogens is 324 g/mol. The molecule has 0 spiro atoms. The van der Waals surface area contributed by atoms with Gasteiger partial charge in [0.25, 0.3) is 0 Å². The van der Waals surface area contributed by atoms with E-state index in [-0.39, 0.29) is 0 Å². The summed E-state index contributed by atoms with van der Waals surface area (Å²) in [5.41, 5.74) is 8.08. The van der Waals surface area contributed by atoms with Crippen molar-refractivity contribution in [1.82, 2.24) is 0 Å². The van der Waals surface area contributed by atoms with Crippen molar-refractivity contribution in [3.05, 3.63) is 106 Å². The van der Waals surface area contributed by atoms with Gasteiger partial charge in [0.2, 0.25) is 0 Å². The summed E-state index contributed by atoms with van der Waals surface area (Å²) in [4.78, 5) is 0. The number of hydrogen-bond donors (Lipinski definition) is 0. The molecule has 0 aliphatic carbocycles. The lowest BCUT2D eigenvalue weighted by molar-refractivity contribution is 1.08. The van der Waals surface area contributed by atoms with Crippen LogP contribution < -0.4 is 0 Å². The maximum absolute atomic E-state index is 3.38. The third-order valence-electron chi connectivity index (χ3n) is 4.60. The molecule has 0 bridgehead atoms. The Morgan fingerprint density at radius 3 is 1.56 bits per heavy atom. The van der Waals surface area contributed by atoms with Gasteiger partial charge in [-0.1, -0.05) is 73.4 Å². The van der Waals surface area contributed by atoms with Crippen molar-refractivity contribution in [1.29, 1.82) is 0 Å². The van der Waals surface area contributed by atoms with Gasteiger partial charge in [-0.15, -0.1) is 0 Å². The van der Waals surface area contributed by atoms with Gasteiger partial charge in [0.1, 0.15) is 0 Å². The number of benzene rings is 3. The lowest BCUT2D eigenvalue weighted by Crippen LogP contribution is -1.96. The molecule has 0 atom stereocenters. The van der Waals surface area contributed by atoms with Gasteiger partial charge in [-0.05, 0) is 67.3 Å². The van der Waals surface area contributed by atoms with Crippen molar-refractivity contribution < 1.29 is 0 Å². The van der Waals surface area contributed by atoms with E-state index in [1.54, 1.807) is 0 Å². The Hall–Kier alpha value is -3.22. The molecule has 132 valence electrons. The highest BCUT2D eigenvalue weighted by molar-refractivity contribution is 5.55. The van der Waals surface area contributed by atoms with Crippen molar-refractivity contribution in [3.63, 3.8) is 0 Å². The minimum Gasteiger partial charge on any atom is -0.0622 e. The molecule has 27 heavy (non-hydrogen) atoms. The van der Waals surface area contributed by atoms with Crippen LogP contribution in [0, 0.1) is 30.6 Å². The molecule has 3 rings (SSSR count). The quantitative estimate of drug-likeness (QED) is 0.504. The Labute approximate surface area is 163 Å². The molecule has 3 aromatic rings. The molecule has 0 N–H and O–H groups in total. The summed E-state index contributed by atoms with van der Waals surface area (Å²) >= 11 is 0. The second kappa shape index (κ2) is 8.93. The summed E-state index contributed by atoms with van der Waals surface area (Å²) in [5.74, 6) is 13.3. The molecule has 0 unspecified atom stereocenters. The summed E-state index contributed by atoms with van der Waals surface area (Å²) in [6, 6.07) is 22.9. The first-order chi connectivity index (χ1) is 13.2. The van der Waals surface area contributed by atoms with Crippen LogP contribution in [-0.4, -0.2) is 0 Å². The number of aryl methyl sites for hydroxylation is 3. The summed E-state index contributed by atoms with van der Waals surface area (Å²) in [6.45, 7) is 6.44. The Bertz CT molecular complexity index is 1030. The van der Waals surface area contributed by atoms with E-state index in [0.29, 0.717) is 0 Å². The van der Waals surface area contributed by atoms with Gasteiger partial charge in [0.05, 0.1) is 0 Å². The van der Waals surface area contributed by atoms with Gasteiger partial charge in [-0.3, -0.25) is 0 Å². The third kappa shape index (κ3) is 4.91. The Kier molecular flexibility index (Phi) is 6.14. The average molecular weight is 348 g/mol. The number of hydrogen-bond acceptors (Lipinski definition) is 0. The van der Waals surface area contributed by atoms with Gasteiger partial charge in [-0.2, -0.15) is 0 Å². The van der Waals surface area contributed by atoms with Crippen LogP contribution in [0.3, 0.4) is 0 Å². The van der Waals surface area contributed by atoms with E-state index in [1.807, 2.05) is 30.3 Å². The van der Waals surface area contributed by atoms with E-state index >= 15 is 0 Å². The van der Waals surface area contributed by atoms with Crippen LogP contribution in [0.4, 0.5) is 0 Å². The Morgan fingerprint density at radius 1 is 0.593 bits per heavy atom. The van der Waals surface area contributed by atoms with Gasteiger partial charge >= 0.3 is 0 Å². The second-order valence-electron chi connectivity index (χ2n) is 6.61. The summed E-state index contributed by atoms with van der Waals surface area (Å²) < 4.78 is 0. The van der Waals surface area contributed by atoms with Gasteiger partial charge in [0, 0.05) is 22.3 Å². The van der Waals surface area contributed by atoms with E-state index in [9.17, 15) is 0 Å². The SMILES string of the molecule is CCc1cc(C#Cc2ccc(C)cc2)c(CC)cc1C#Cc1ccccc1. The van der Waals surface area contributed by atoms with E-state index in [0.717, 1.165) is 35.1 Å². The first-order valence-electron chi connectivity index (χ1n) is 9.51. The highest BCUT2D eigenvalue weighted by atomic mass is 14.1. The average Bonchev–Trinajstić information content (AvgIpc) is 2.72. The molecule has 0 nitrogen and oxygen atoms in total. The van der Waals surface area contributed by atoms with Crippen LogP contribution in [0.15, 0.2) is 66.7 Å². The van der Waals surface area contributed by atoms with Gasteiger partial charge in [-0.25, -0.2) is 0 Å².